The van der Waals surface area contributed by atoms with Crippen molar-refractivity contribution >= 4 is 54.5 Å². The third-order valence-electron chi connectivity index (χ3n) is 14.1. The van der Waals surface area contributed by atoms with Crippen molar-refractivity contribution in [3.05, 3.63) is 246 Å². The summed E-state index contributed by atoms with van der Waals surface area (Å²) < 4.78 is 0. The molecular weight excluding hydrogens is 787 g/mol. The topological polar surface area (TPSA) is 36.4 Å². The zero-order chi connectivity index (χ0) is 43.3. The van der Waals surface area contributed by atoms with E-state index >= 15 is 0 Å². The van der Waals surface area contributed by atoms with Gasteiger partial charge in [0.25, 0.3) is 0 Å². The van der Waals surface area contributed by atoms with Crippen molar-refractivity contribution < 1.29 is 0 Å². The summed E-state index contributed by atoms with van der Waals surface area (Å²) in [6.07, 6.45) is 13.3. The van der Waals surface area contributed by atoms with E-state index in [1.54, 1.807) is 0 Å². The number of nitrogens with one attached hydrogen (secondary N) is 2. The van der Waals surface area contributed by atoms with Gasteiger partial charge < -0.3 is 5.32 Å². The normalized spacial score (nSPS) is 19.7. The van der Waals surface area contributed by atoms with Crippen LogP contribution in [0.4, 0.5) is 0 Å². The largest absolute Gasteiger partial charge is 0.351 e. The minimum atomic E-state index is -0.193. The number of hydrogen-bond donors (Lipinski definition) is 2. The first-order chi connectivity index (χ1) is 32.1. The molecule has 12 rings (SSSR count). The lowest BCUT2D eigenvalue weighted by Crippen LogP contribution is -2.53. The van der Waals surface area contributed by atoms with E-state index in [1.807, 2.05) is 0 Å². The van der Waals surface area contributed by atoms with Gasteiger partial charge in [0.1, 0.15) is 18.2 Å². The Hall–Kier alpha value is -7.59. The second kappa shape index (κ2) is 16.5. The Morgan fingerprint density at radius 2 is 1.14 bits per heavy atom. The van der Waals surface area contributed by atoms with Gasteiger partial charge in [-0.15, -0.1) is 0 Å². The van der Waals surface area contributed by atoms with Gasteiger partial charge in [-0.25, -0.2) is 4.99 Å². The molecule has 3 aliphatic rings. The van der Waals surface area contributed by atoms with E-state index in [-0.39, 0.29) is 12.3 Å². The molecule has 0 spiro atoms. The minimum Gasteiger partial charge on any atom is -0.351 e. The number of nitrogens with zero attached hydrogens (tertiary/aromatic N) is 1. The van der Waals surface area contributed by atoms with Crippen molar-refractivity contribution in [2.75, 3.05) is 0 Å². The molecule has 2 N–H and O–H groups in total. The first-order valence-electron chi connectivity index (χ1n) is 23.1. The molecule has 312 valence electrons. The maximum atomic E-state index is 5.41. The average molecular weight is 836 g/mol. The first kappa shape index (κ1) is 39.0. The Balaban J connectivity index is 0.908. The van der Waals surface area contributed by atoms with Gasteiger partial charge in [-0.2, -0.15) is 0 Å². The fourth-order valence-corrected chi connectivity index (χ4v) is 10.8. The highest BCUT2D eigenvalue weighted by molar-refractivity contribution is 6.25. The summed E-state index contributed by atoms with van der Waals surface area (Å²) in [5.41, 5.74) is 12.5. The van der Waals surface area contributed by atoms with Gasteiger partial charge in [0.05, 0.1) is 0 Å². The molecule has 9 aromatic carbocycles. The second-order valence-corrected chi connectivity index (χ2v) is 17.8. The van der Waals surface area contributed by atoms with E-state index in [1.165, 1.54) is 87.6 Å². The number of rotatable bonds is 7. The van der Waals surface area contributed by atoms with Crippen molar-refractivity contribution in [2.45, 2.75) is 38.0 Å². The third kappa shape index (κ3) is 7.10. The maximum absolute atomic E-state index is 5.41. The smallest absolute Gasteiger partial charge is 0.131 e. The summed E-state index contributed by atoms with van der Waals surface area (Å²) in [6, 6.07) is 68.9. The van der Waals surface area contributed by atoms with Crippen molar-refractivity contribution in [3.8, 4) is 22.3 Å². The zero-order valence-corrected chi connectivity index (χ0v) is 36.5. The van der Waals surface area contributed by atoms with Gasteiger partial charge in [-0.1, -0.05) is 213 Å². The van der Waals surface area contributed by atoms with Crippen molar-refractivity contribution in [2.24, 2.45) is 10.9 Å². The molecule has 0 saturated carbocycles. The molecule has 3 heteroatoms. The fourth-order valence-electron chi connectivity index (χ4n) is 10.8. The van der Waals surface area contributed by atoms with Crippen LogP contribution >= 0.6 is 0 Å². The summed E-state index contributed by atoms with van der Waals surface area (Å²) in [6.45, 7) is 2.36. The average Bonchev–Trinajstić information content (AvgIpc) is 3.39. The molecule has 0 aromatic heterocycles. The van der Waals surface area contributed by atoms with Crippen LogP contribution in [0, 0.1) is 5.92 Å². The van der Waals surface area contributed by atoms with E-state index in [9.17, 15) is 0 Å². The molecule has 9 aromatic rings. The SMILES string of the molecule is CC1C(C2NC(C3=CCCC(c4ccc5ccccc5c4-c4ccc(-c5ccc6c7ccccc7c7ccccc7c6c5)cc4)=C3)=NC(c3ccccc3)N2)=CC=CC1c1ccccc1. The van der Waals surface area contributed by atoms with Crippen LogP contribution in [0.5, 0.6) is 0 Å². The lowest BCUT2D eigenvalue weighted by Gasteiger charge is -2.38. The third-order valence-corrected chi connectivity index (χ3v) is 14.1. The number of hydrogen-bond acceptors (Lipinski definition) is 3. The van der Waals surface area contributed by atoms with Crippen LogP contribution in [0.3, 0.4) is 0 Å². The lowest BCUT2D eigenvalue weighted by atomic mass is 9.78. The van der Waals surface area contributed by atoms with Gasteiger partial charge >= 0.3 is 0 Å². The van der Waals surface area contributed by atoms with Gasteiger partial charge in [0.2, 0.25) is 0 Å². The molecule has 0 radical (unpaired) electrons. The van der Waals surface area contributed by atoms with E-state index in [2.05, 4.69) is 236 Å². The van der Waals surface area contributed by atoms with Gasteiger partial charge in [-0.3, -0.25) is 5.32 Å². The Labute approximate surface area is 380 Å². The quantitative estimate of drug-likeness (QED) is 0.157. The monoisotopic (exact) mass is 835 g/mol. The van der Waals surface area contributed by atoms with Crippen LogP contribution < -0.4 is 10.6 Å². The highest BCUT2D eigenvalue weighted by Crippen LogP contribution is 2.42. The van der Waals surface area contributed by atoms with Gasteiger partial charge in [-0.05, 0) is 124 Å². The lowest BCUT2D eigenvalue weighted by molar-refractivity contribution is 0.400. The number of benzene rings is 9. The highest BCUT2D eigenvalue weighted by Gasteiger charge is 2.33. The fraction of sp³-hybridized carbons (Fsp3) is 0.113. The second-order valence-electron chi connectivity index (χ2n) is 17.8. The standard InChI is InChI=1S/C62H49N3/c1-40-49(42-16-4-2-5-17-42)28-15-29-50(40)62-64-60(45-19-6-3-7-20-45)63-61(65-62)48-22-14-21-47(38-48)52-36-34-43-18-8-9-23-51(43)59(52)44-32-30-41(31-33-44)46-35-37-57-55-26-11-10-24-53(55)54-25-12-13-27-56(54)58(57)39-46/h2-13,15-20,22-40,49,60,62,64H,14,21H2,1H3,(H,63,65). The Morgan fingerprint density at radius 1 is 0.538 bits per heavy atom. The predicted molar refractivity (Wildman–Crippen MR) is 275 cm³/mol. The minimum absolute atomic E-state index is 0.0889. The Kier molecular flexibility index (Phi) is 9.92. The number of fused-ring (bicyclic) bond motifs is 7. The number of aliphatic imine (C=N–C) groups is 1. The first-order valence-corrected chi connectivity index (χ1v) is 23.1. The summed E-state index contributed by atoms with van der Waals surface area (Å²) in [4.78, 5) is 5.41. The van der Waals surface area contributed by atoms with Crippen LogP contribution in [0.2, 0.25) is 0 Å². The molecule has 0 amide bonds. The number of allylic oxidation sites excluding steroid dienone is 5. The Morgan fingerprint density at radius 3 is 1.86 bits per heavy atom. The molecular formula is C62H49N3. The van der Waals surface area contributed by atoms with Crippen LogP contribution in [-0.4, -0.2) is 12.0 Å². The molecule has 4 atom stereocenters. The van der Waals surface area contributed by atoms with Gasteiger partial charge in [0.15, 0.2) is 0 Å². The van der Waals surface area contributed by atoms with Crippen LogP contribution in [-0.2, 0) is 0 Å². The molecule has 65 heavy (non-hydrogen) atoms. The molecule has 1 aliphatic heterocycles. The number of amidine groups is 1. The molecule has 0 bridgehead atoms. The van der Waals surface area contributed by atoms with E-state index in [4.69, 9.17) is 4.99 Å². The van der Waals surface area contributed by atoms with Gasteiger partial charge in [0, 0.05) is 11.5 Å². The van der Waals surface area contributed by atoms with Crippen molar-refractivity contribution in [1.29, 1.82) is 0 Å². The van der Waals surface area contributed by atoms with Crippen LogP contribution in [0.15, 0.2) is 235 Å². The molecule has 4 unspecified atom stereocenters. The summed E-state index contributed by atoms with van der Waals surface area (Å²) in [7, 11) is 0. The van der Waals surface area contributed by atoms with E-state index < -0.39 is 0 Å². The zero-order valence-electron chi connectivity index (χ0n) is 36.5. The van der Waals surface area contributed by atoms with E-state index in [0.29, 0.717) is 11.8 Å². The maximum Gasteiger partial charge on any atom is 0.131 e. The van der Waals surface area contributed by atoms with Crippen LogP contribution in [0.25, 0.3) is 70.9 Å². The molecule has 0 fully saturated rings. The molecule has 1 heterocycles. The predicted octanol–water partition coefficient (Wildman–Crippen LogP) is 15.3. The summed E-state index contributed by atoms with van der Waals surface area (Å²) >= 11 is 0. The van der Waals surface area contributed by atoms with Crippen molar-refractivity contribution in [1.82, 2.24) is 10.6 Å². The van der Waals surface area contributed by atoms with Crippen molar-refractivity contribution in [3.63, 3.8) is 0 Å². The van der Waals surface area contributed by atoms with E-state index in [0.717, 1.165) is 29.8 Å². The molecule has 0 saturated heterocycles. The summed E-state index contributed by atoms with van der Waals surface area (Å²) in [5, 5.41) is 18.1. The highest BCUT2D eigenvalue weighted by atomic mass is 15.3. The molecule has 2 aliphatic carbocycles. The van der Waals surface area contributed by atoms with Crippen LogP contribution in [0.1, 0.15) is 48.5 Å². The Bertz CT molecular complexity index is 3410. The molecule has 3 nitrogen and oxygen atoms in total. The summed E-state index contributed by atoms with van der Waals surface area (Å²) in [5.74, 6) is 1.52.